The number of halogens is 1. The van der Waals surface area contributed by atoms with Gasteiger partial charge < -0.3 is 15.0 Å². The Bertz CT molecular complexity index is 439. The first-order valence-corrected chi connectivity index (χ1v) is 7.02. The van der Waals surface area contributed by atoms with Gasteiger partial charge in [0, 0.05) is 18.8 Å². The fourth-order valence-corrected chi connectivity index (χ4v) is 2.25. The number of rotatable bonds is 6. The van der Waals surface area contributed by atoms with E-state index in [1.807, 2.05) is 25.3 Å². The number of amides is 1. The molecule has 0 radical (unpaired) electrons. The van der Waals surface area contributed by atoms with Crippen molar-refractivity contribution in [3.8, 4) is 0 Å². The molecule has 4 nitrogen and oxygen atoms in total. The van der Waals surface area contributed by atoms with Gasteiger partial charge in [0.2, 0.25) is 0 Å². The van der Waals surface area contributed by atoms with Gasteiger partial charge in [-0.3, -0.25) is 4.79 Å². The average molecular weight is 287 g/mol. The van der Waals surface area contributed by atoms with Crippen LogP contribution < -0.4 is 5.32 Å². The number of nitrogens with one attached hydrogen (secondary N) is 1. The molecule has 0 bridgehead atoms. The van der Waals surface area contributed by atoms with E-state index in [4.69, 9.17) is 11.6 Å². The zero-order valence-electron chi connectivity index (χ0n) is 12.0. The summed E-state index contributed by atoms with van der Waals surface area (Å²) in [5.74, 6) is -0.211. The monoisotopic (exact) mass is 286 g/mol. The highest BCUT2D eigenvalue weighted by atomic mass is 35.5. The molecule has 0 aliphatic rings. The third-order valence-corrected chi connectivity index (χ3v) is 3.23. The molecule has 0 spiro atoms. The van der Waals surface area contributed by atoms with Crippen LogP contribution in [0.1, 0.15) is 57.1 Å². The second-order valence-corrected chi connectivity index (χ2v) is 5.91. The van der Waals surface area contributed by atoms with E-state index < -0.39 is 5.60 Å². The summed E-state index contributed by atoms with van der Waals surface area (Å²) in [4.78, 5) is 12.1. The molecule has 0 saturated heterocycles. The van der Waals surface area contributed by atoms with Crippen molar-refractivity contribution in [2.24, 2.45) is 0 Å². The van der Waals surface area contributed by atoms with Gasteiger partial charge in [-0.2, -0.15) is 0 Å². The number of nitrogens with zero attached hydrogens (tertiary/aromatic N) is 1. The zero-order chi connectivity index (χ0) is 14.6. The van der Waals surface area contributed by atoms with Gasteiger partial charge in [-0.25, -0.2) is 0 Å². The molecule has 0 aromatic carbocycles. The first kappa shape index (κ1) is 16.1. The molecular formula is C14H23ClN2O2. The van der Waals surface area contributed by atoms with E-state index in [2.05, 4.69) is 5.32 Å². The van der Waals surface area contributed by atoms with Gasteiger partial charge in [-0.1, -0.05) is 24.9 Å². The first-order chi connectivity index (χ1) is 8.76. The molecule has 1 amide bonds. The van der Waals surface area contributed by atoms with E-state index in [0.717, 1.165) is 6.42 Å². The number of hydrogen-bond donors (Lipinski definition) is 2. The van der Waals surface area contributed by atoms with Crippen LogP contribution in [0.4, 0.5) is 0 Å². The lowest BCUT2D eigenvalue weighted by atomic mass is 10.0. The fraction of sp³-hybridized carbons (Fsp3) is 0.643. The van der Waals surface area contributed by atoms with E-state index in [9.17, 15) is 9.90 Å². The molecule has 1 aromatic rings. The molecular weight excluding hydrogens is 264 g/mol. The van der Waals surface area contributed by atoms with E-state index in [1.165, 1.54) is 0 Å². The molecule has 1 atom stereocenters. The van der Waals surface area contributed by atoms with Crippen LogP contribution in [-0.2, 0) is 0 Å². The number of carbonyl (C=O) groups is 1. The predicted molar refractivity (Wildman–Crippen MR) is 77.7 cm³/mol. The van der Waals surface area contributed by atoms with Crippen LogP contribution in [0.3, 0.4) is 0 Å². The van der Waals surface area contributed by atoms with E-state index >= 15 is 0 Å². The summed E-state index contributed by atoms with van der Waals surface area (Å²) in [6.45, 7) is 7.94. The minimum atomic E-state index is -0.872. The molecule has 108 valence electrons. The normalized spacial score (nSPS) is 14.5. The van der Waals surface area contributed by atoms with Crippen molar-refractivity contribution in [2.75, 3.05) is 6.54 Å². The van der Waals surface area contributed by atoms with Gasteiger partial charge in [0.05, 0.1) is 10.6 Å². The minimum Gasteiger partial charge on any atom is -0.388 e. The van der Waals surface area contributed by atoms with Gasteiger partial charge in [0.1, 0.15) is 5.69 Å². The topological polar surface area (TPSA) is 54.3 Å². The molecule has 1 heterocycles. The fourth-order valence-electron chi connectivity index (χ4n) is 2.04. The van der Waals surface area contributed by atoms with E-state index in [-0.39, 0.29) is 18.5 Å². The van der Waals surface area contributed by atoms with Gasteiger partial charge in [0.25, 0.3) is 5.91 Å². The molecule has 19 heavy (non-hydrogen) atoms. The highest BCUT2D eigenvalue weighted by Gasteiger charge is 2.22. The molecule has 5 heteroatoms. The number of hydrogen-bond acceptors (Lipinski definition) is 2. The average Bonchev–Trinajstić information content (AvgIpc) is 2.68. The molecule has 0 aliphatic carbocycles. The Morgan fingerprint density at radius 1 is 1.58 bits per heavy atom. The Hall–Kier alpha value is -1.00. The Balaban J connectivity index is 2.74. The van der Waals surface area contributed by atoms with Crippen molar-refractivity contribution < 1.29 is 9.90 Å². The van der Waals surface area contributed by atoms with E-state index in [0.29, 0.717) is 17.1 Å². The summed E-state index contributed by atoms with van der Waals surface area (Å²) < 4.78 is 1.83. The molecule has 0 fully saturated rings. The summed E-state index contributed by atoms with van der Waals surface area (Å²) in [6.07, 6.45) is 3.27. The van der Waals surface area contributed by atoms with Crippen molar-refractivity contribution in [3.63, 3.8) is 0 Å². The Labute approximate surface area is 119 Å². The van der Waals surface area contributed by atoms with Gasteiger partial charge in [0.15, 0.2) is 0 Å². The summed E-state index contributed by atoms with van der Waals surface area (Å²) in [7, 11) is 0. The maximum absolute atomic E-state index is 12.1. The highest BCUT2D eigenvalue weighted by Crippen LogP contribution is 2.19. The molecule has 0 saturated carbocycles. The molecule has 2 N–H and O–H groups in total. The number of aliphatic hydroxyl groups is 1. The quantitative estimate of drug-likeness (QED) is 0.845. The van der Waals surface area contributed by atoms with Crippen molar-refractivity contribution in [2.45, 2.75) is 52.2 Å². The second kappa shape index (κ2) is 6.44. The number of aromatic nitrogens is 1. The maximum atomic E-state index is 12.1. The summed E-state index contributed by atoms with van der Waals surface area (Å²) in [5, 5.41) is 13.4. The summed E-state index contributed by atoms with van der Waals surface area (Å²) in [6, 6.07) is 1.80. The van der Waals surface area contributed by atoms with Gasteiger partial charge >= 0.3 is 0 Å². The second-order valence-electron chi connectivity index (χ2n) is 5.47. The van der Waals surface area contributed by atoms with E-state index in [1.54, 1.807) is 19.2 Å². The Morgan fingerprint density at radius 2 is 2.21 bits per heavy atom. The minimum absolute atomic E-state index is 0.157. The van der Waals surface area contributed by atoms with Crippen molar-refractivity contribution in [1.29, 1.82) is 0 Å². The standard InChI is InChI=1S/C14H23ClN2O2/c1-5-6-14(4,19)9-16-13(18)12-7-11(15)8-17(12)10(2)3/h7-8,10,19H,5-6,9H2,1-4H3,(H,16,18). The SMILES string of the molecule is CCCC(C)(O)CNC(=O)c1cc(Cl)cn1C(C)C. The van der Waals surface area contributed by atoms with Gasteiger partial charge in [-0.05, 0) is 33.3 Å². The molecule has 1 unspecified atom stereocenters. The zero-order valence-corrected chi connectivity index (χ0v) is 12.8. The Kier molecular flexibility index (Phi) is 5.44. The van der Waals surface area contributed by atoms with Crippen molar-refractivity contribution in [3.05, 3.63) is 23.0 Å². The summed E-state index contributed by atoms with van der Waals surface area (Å²) in [5.41, 5.74) is -0.351. The van der Waals surface area contributed by atoms with Crippen molar-refractivity contribution >= 4 is 17.5 Å². The van der Waals surface area contributed by atoms with Crippen LogP contribution in [-0.4, -0.2) is 27.7 Å². The van der Waals surface area contributed by atoms with Crippen LogP contribution in [0.25, 0.3) is 0 Å². The molecule has 1 rings (SSSR count). The van der Waals surface area contributed by atoms with Crippen LogP contribution >= 0.6 is 11.6 Å². The lowest BCUT2D eigenvalue weighted by Crippen LogP contribution is -2.41. The Morgan fingerprint density at radius 3 is 2.74 bits per heavy atom. The van der Waals surface area contributed by atoms with Crippen LogP contribution in [0.2, 0.25) is 5.02 Å². The van der Waals surface area contributed by atoms with Crippen LogP contribution in [0.5, 0.6) is 0 Å². The predicted octanol–water partition coefficient (Wildman–Crippen LogP) is 3.00. The first-order valence-electron chi connectivity index (χ1n) is 6.65. The lowest BCUT2D eigenvalue weighted by molar-refractivity contribution is 0.0467. The van der Waals surface area contributed by atoms with Gasteiger partial charge in [-0.15, -0.1) is 0 Å². The highest BCUT2D eigenvalue weighted by molar-refractivity contribution is 6.31. The molecule has 1 aromatic heterocycles. The van der Waals surface area contributed by atoms with Crippen LogP contribution in [0.15, 0.2) is 12.3 Å². The lowest BCUT2D eigenvalue weighted by Gasteiger charge is -2.23. The largest absolute Gasteiger partial charge is 0.388 e. The smallest absolute Gasteiger partial charge is 0.268 e. The number of carbonyl (C=O) groups excluding carboxylic acids is 1. The van der Waals surface area contributed by atoms with Crippen molar-refractivity contribution in [1.82, 2.24) is 9.88 Å². The molecule has 0 aliphatic heterocycles. The third-order valence-electron chi connectivity index (χ3n) is 3.02. The van der Waals surface area contributed by atoms with Crippen LogP contribution in [0, 0.1) is 0 Å². The maximum Gasteiger partial charge on any atom is 0.268 e. The third kappa shape index (κ3) is 4.55. The summed E-state index contributed by atoms with van der Waals surface area (Å²) >= 11 is 5.94.